The maximum absolute atomic E-state index is 5.94. The van der Waals surface area contributed by atoms with Crippen LogP contribution in [-0.4, -0.2) is 30.1 Å². The lowest BCUT2D eigenvalue weighted by molar-refractivity contribution is 0.191. The van der Waals surface area contributed by atoms with Crippen molar-refractivity contribution in [1.29, 1.82) is 0 Å². The number of nitrogens with two attached hydrogens (primary N) is 1. The summed E-state index contributed by atoms with van der Waals surface area (Å²) >= 11 is 0. The molecule has 0 amide bonds. The molecule has 94 valence electrons. The van der Waals surface area contributed by atoms with Crippen LogP contribution in [0.15, 0.2) is 30.3 Å². The van der Waals surface area contributed by atoms with E-state index in [0.29, 0.717) is 6.04 Å². The number of nitrogens with zero attached hydrogens (tertiary/aromatic N) is 1. The number of hydrogen-bond acceptors (Lipinski definition) is 2. The SMILES string of the molecule is CCN(C(CN)CCc1ccccc1)C1CC1. The quantitative estimate of drug-likeness (QED) is 0.782. The van der Waals surface area contributed by atoms with Gasteiger partial charge in [-0.3, -0.25) is 4.90 Å². The van der Waals surface area contributed by atoms with Crippen LogP contribution in [0.3, 0.4) is 0 Å². The van der Waals surface area contributed by atoms with Gasteiger partial charge in [-0.25, -0.2) is 0 Å². The van der Waals surface area contributed by atoms with E-state index >= 15 is 0 Å². The highest BCUT2D eigenvalue weighted by Crippen LogP contribution is 2.29. The first-order chi connectivity index (χ1) is 8.35. The highest BCUT2D eigenvalue weighted by molar-refractivity contribution is 5.14. The topological polar surface area (TPSA) is 29.3 Å². The minimum atomic E-state index is 0.563. The third kappa shape index (κ3) is 3.55. The van der Waals surface area contributed by atoms with Gasteiger partial charge in [0.15, 0.2) is 0 Å². The zero-order chi connectivity index (χ0) is 12.1. The Kier molecular flexibility index (Phi) is 4.57. The first-order valence-corrected chi connectivity index (χ1v) is 6.85. The van der Waals surface area contributed by atoms with Crippen molar-refractivity contribution >= 4 is 0 Å². The molecule has 1 aliphatic carbocycles. The van der Waals surface area contributed by atoms with E-state index < -0.39 is 0 Å². The lowest BCUT2D eigenvalue weighted by atomic mass is 10.0. The highest BCUT2D eigenvalue weighted by Gasteiger charge is 2.31. The smallest absolute Gasteiger partial charge is 0.0224 e. The maximum atomic E-state index is 5.94. The van der Waals surface area contributed by atoms with Gasteiger partial charge in [0.25, 0.3) is 0 Å². The molecule has 17 heavy (non-hydrogen) atoms. The summed E-state index contributed by atoms with van der Waals surface area (Å²) in [6.45, 7) is 4.18. The van der Waals surface area contributed by atoms with E-state index in [-0.39, 0.29) is 0 Å². The van der Waals surface area contributed by atoms with Gasteiger partial charge < -0.3 is 5.73 Å². The molecule has 2 nitrogen and oxygen atoms in total. The van der Waals surface area contributed by atoms with Crippen molar-refractivity contribution in [3.05, 3.63) is 35.9 Å². The summed E-state index contributed by atoms with van der Waals surface area (Å²) in [4.78, 5) is 2.60. The summed E-state index contributed by atoms with van der Waals surface area (Å²) in [6, 6.07) is 12.1. The molecular formula is C15H24N2. The maximum Gasteiger partial charge on any atom is 0.0224 e. The first-order valence-electron chi connectivity index (χ1n) is 6.85. The van der Waals surface area contributed by atoms with Crippen LogP contribution in [0.5, 0.6) is 0 Å². The molecule has 1 atom stereocenters. The molecule has 1 unspecified atom stereocenters. The van der Waals surface area contributed by atoms with Gasteiger partial charge in [-0.15, -0.1) is 0 Å². The van der Waals surface area contributed by atoms with Gasteiger partial charge in [-0.2, -0.15) is 0 Å². The Hall–Kier alpha value is -0.860. The summed E-state index contributed by atoms with van der Waals surface area (Å²) in [5.41, 5.74) is 7.37. The van der Waals surface area contributed by atoms with Crippen molar-refractivity contribution in [1.82, 2.24) is 4.90 Å². The lowest BCUT2D eigenvalue weighted by Gasteiger charge is -2.29. The van der Waals surface area contributed by atoms with Crippen LogP contribution >= 0.6 is 0 Å². The third-order valence-corrected chi connectivity index (χ3v) is 3.73. The van der Waals surface area contributed by atoms with Gasteiger partial charge in [0.05, 0.1) is 0 Å². The molecule has 0 aliphatic heterocycles. The van der Waals surface area contributed by atoms with E-state index in [4.69, 9.17) is 5.73 Å². The second kappa shape index (κ2) is 6.18. The molecule has 0 heterocycles. The molecule has 1 saturated carbocycles. The summed E-state index contributed by atoms with van der Waals surface area (Å²) in [5.74, 6) is 0. The van der Waals surface area contributed by atoms with E-state index in [1.807, 2.05) is 0 Å². The van der Waals surface area contributed by atoms with Crippen LogP contribution < -0.4 is 5.73 Å². The molecule has 0 saturated heterocycles. The first kappa shape index (κ1) is 12.6. The van der Waals surface area contributed by atoms with Gasteiger partial charge in [0.1, 0.15) is 0 Å². The molecule has 0 bridgehead atoms. The van der Waals surface area contributed by atoms with Crippen LogP contribution in [0.2, 0.25) is 0 Å². The zero-order valence-corrected chi connectivity index (χ0v) is 10.8. The van der Waals surface area contributed by atoms with E-state index in [9.17, 15) is 0 Å². The molecule has 1 aliphatic rings. The molecule has 0 aromatic heterocycles. The Balaban J connectivity index is 1.86. The van der Waals surface area contributed by atoms with Crippen LogP contribution in [0.4, 0.5) is 0 Å². The Morgan fingerprint density at radius 3 is 2.53 bits per heavy atom. The normalized spacial score (nSPS) is 17.4. The minimum Gasteiger partial charge on any atom is -0.329 e. The average molecular weight is 232 g/mol. The van der Waals surface area contributed by atoms with Gasteiger partial charge in [0, 0.05) is 18.6 Å². The van der Waals surface area contributed by atoms with Crippen molar-refractivity contribution in [2.45, 2.75) is 44.7 Å². The second-order valence-electron chi connectivity index (χ2n) is 4.98. The number of hydrogen-bond donors (Lipinski definition) is 1. The zero-order valence-electron chi connectivity index (χ0n) is 10.8. The summed E-state index contributed by atoms with van der Waals surface area (Å²) in [5, 5.41) is 0. The van der Waals surface area contributed by atoms with E-state index in [0.717, 1.165) is 25.6 Å². The molecular weight excluding hydrogens is 208 g/mol. The highest BCUT2D eigenvalue weighted by atomic mass is 15.2. The van der Waals surface area contributed by atoms with Crippen LogP contribution in [0.25, 0.3) is 0 Å². The average Bonchev–Trinajstić information content (AvgIpc) is 3.20. The Morgan fingerprint density at radius 2 is 2.00 bits per heavy atom. The van der Waals surface area contributed by atoms with E-state index in [2.05, 4.69) is 42.2 Å². The molecule has 1 aromatic carbocycles. The van der Waals surface area contributed by atoms with Crippen molar-refractivity contribution in [3.8, 4) is 0 Å². The van der Waals surface area contributed by atoms with Gasteiger partial charge >= 0.3 is 0 Å². The number of benzene rings is 1. The molecule has 2 rings (SSSR count). The summed E-state index contributed by atoms with van der Waals surface area (Å²) in [6.07, 6.45) is 5.07. The molecule has 0 spiro atoms. The number of aryl methyl sites for hydroxylation is 1. The van der Waals surface area contributed by atoms with E-state index in [1.165, 1.54) is 24.8 Å². The van der Waals surface area contributed by atoms with Crippen molar-refractivity contribution < 1.29 is 0 Å². The Bertz CT molecular complexity index is 319. The minimum absolute atomic E-state index is 0.563. The number of likely N-dealkylation sites (N-methyl/N-ethyl adjacent to an activating group) is 1. The van der Waals surface area contributed by atoms with Crippen LogP contribution in [-0.2, 0) is 6.42 Å². The predicted molar refractivity (Wildman–Crippen MR) is 73.0 cm³/mol. The van der Waals surface area contributed by atoms with Gasteiger partial charge in [-0.05, 0) is 37.8 Å². The molecule has 1 fully saturated rings. The van der Waals surface area contributed by atoms with E-state index in [1.54, 1.807) is 0 Å². The monoisotopic (exact) mass is 232 g/mol. The fraction of sp³-hybridized carbons (Fsp3) is 0.600. The fourth-order valence-electron chi connectivity index (χ4n) is 2.62. The molecule has 1 aromatic rings. The van der Waals surface area contributed by atoms with Crippen molar-refractivity contribution in [3.63, 3.8) is 0 Å². The standard InChI is InChI=1S/C15H24N2/c1-2-17(14-10-11-14)15(12-16)9-8-13-6-4-3-5-7-13/h3-7,14-15H,2,8-12,16H2,1H3. The molecule has 2 heteroatoms. The Morgan fingerprint density at radius 1 is 1.29 bits per heavy atom. The summed E-state index contributed by atoms with van der Waals surface area (Å²) in [7, 11) is 0. The van der Waals surface area contributed by atoms with Crippen LogP contribution in [0, 0.1) is 0 Å². The Labute approximate surface area is 105 Å². The van der Waals surface area contributed by atoms with Crippen molar-refractivity contribution in [2.24, 2.45) is 5.73 Å². The molecule has 0 radical (unpaired) electrons. The lowest BCUT2D eigenvalue weighted by Crippen LogP contribution is -2.42. The predicted octanol–water partition coefficient (Wildman–Crippen LogP) is 2.43. The fourth-order valence-corrected chi connectivity index (χ4v) is 2.62. The summed E-state index contributed by atoms with van der Waals surface area (Å²) < 4.78 is 0. The second-order valence-corrected chi connectivity index (χ2v) is 4.98. The van der Waals surface area contributed by atoms with Gasteiger partial charge in [0.2, 0.25) is 0 Å². The largest absolute Gasteiger partial charge is 0.329 e. The molecule has 2 N–H and O–H groups in total. The number of rotatable bonds is 7. The van der Waals surface area contributed by atoms with Crippen molar-refractivity contribution in [2.75, 3.05) is 13.1 Å². The van der Waals surface area contributed by atoms with Crippen LogP contribution in [0.1, 0.15) is 31.7 Å². The van der Waals surface area contributed by atoms with Gasteiger partial charge in [-0.1, -0.05) is 37.3 Å². The third-order valence-electron chi connectivity index (χ3n) is 3.73.